The van der Waals surface area contributed by atoms with Crippen LogP contribution in [0.5, 0.6) is 0 Å². The van der Waals surface area contributed by atoms with Crippen LogP contribution in [0.1, 0.15) is 24.2 Å². The molecule has 0 fully saturated rings. The second-order valence-electron chi connectivity index (χ2n) is 4.49. The van der Waals surface area contributed by atoms with Gasteiger partial charge in [-0.15, -0.1) is 0 Å². The normalized spacial score (nSPS) is 12.6. The van der Waals surface area contributed by atoms with Crippen molar-refractivity contribution in [2.75, 3.05) is 0 Å². The number of urea groups is 1. The van der Waals surface area contributed by atoms with E-state index in [1.165, 1.54) is 13.8 Å². The molecule has 0 spiro atoms. The fourth-order valence-electron chi connectivity index (χ4n) is 1.48. The molecule has 2 atom stereocenters. The molecule has 0 unspecified atom stereocenters. The molecule has 0 saturated heterocycles. The Bertz CT molecular complexity index is 573. The van der Waals surface area contributed by atoms with Crippen molar-refractivity contribution < 1.29 is 23.9 Å². The number of amides is 4. The topological polar surface area (TPSA) is 128 Å². The van der Waals surface area contributed by atoms with Crippen LogP contribution in [-0.4, -0.2) is 36.0 Å². The number of primary amides is 1. The van der Waals surface area contributed by atoms with Gasteiger partial charge in [0.05, 0.1) is 0 Å². The molecule has 1 aromatic rings. The zero-order valence-corrected chi connectivity index (χ0v) is 12.2. The highest BCUT2D eigenvalue weighted by Crippen LogP contribution is 2.01. The van der Waals surface area contributed by atoms with Crippen molar-refractivity contribution in [1.82, 2.24) is 10.6 Å². The second-order valence-corrected chi connectivity index (χ2v) is 4.49. The summed E-state index contributed by atoms with van der Waals surface area (Å²) in [5.74, 6) is -2.10. The summed E-state index contributed by atoms with van der Waals surface area (Å²) in [6.45, 7) is 2.70. The molecule has 0 aromatic heterocycles. The SMILES string of the molecule is C[C@H](NC(=O)c1ccccc1)C(=O)O[C@H](C)C(=O)NC(N)=O. The number of ether oxygens (including phenoxy) is 1. The van der Waals surface area contributed by atoms with Gasteiger partial charge >= 0.3 is 12.0 Å². The van der Waals surface area contributed by atoms with Crippen molar-refractivity contribution >= 4 is 23.8 Å². The first-order valence-corrected chi connectivity index (χ1v) is 6.48. The number of nitrogens with one attached hydrogen (secondary N) is 2. The summed E-state index contributed by atoms with van der Waals surface area (Å²) in [6.07, 6.45) is -1.21. The van der Waals surface area contributed by atoms with Crippen LogP contribution in [0.15, 0.2) is 30.3 Å². The summed E-state index contributed by atoms with van der Waals surface area (Å²) < 4.78 is 4.84. The lowest BCUT2D eigenvalue weighted by Gasteiger charge is -2.16. The van der Waals surface area contributed by atoms with E-state index in [-0.39, 0.29) is 0 Å². The number of rotatable bonds is 5. The first-order chi connectivity index (χ1) is 10.3. The van der Waals surface area contributed by atoms with E-state index in [0.29, 0.717) is 5.56 Å². The Hall–Kier alpha value is -2.90. The van der Waals surface area contributed by atoms with Gasteiger partial charge in [0.1, 0.15) is 6.04 Å². The monoisotopic (exact) mass is 307 g/mol. The van der Waals surface area contributed by atoms with Gasteiger partial charge in [-0.1, -0.05) is 18.2 Å². The Kier molecular flexibility index (Phi) is 6.06. The van der Waals surface area contributed by atoms with Crippen molar-refractivity contribution in [1.29, 1.82) is 0 Å². The van der Waals surface area contributed by atoms with E-state index in [4.69, 9.17) is 10.5 Å². The summed E-state index contributed by atoms with van der Waals surface area (Å²) in [6, 6.07) is 6.32. The van der Waals surface area contributed by atoms with Gasteiger partial charge < -0.3 is 15.8 Å². The van der Waals surface area contributed by atoms with Crippen LogP contribution in [0.2, 0.25) is 0 Å². The summed E-state index contributed by atoms with van der Waals surface area (Å²) in [5, 5.41) is 4.23. The number of nitrogens with two attached hydrogens (primary N) is 1. The summed E-state index contributed by atoms with van der Waals surface area (Å²) >= 11 is 0. The highest BCUT2D eigenvalue weighted by atomic mass is 16.5. The Morgan fingerprint density at radius 2 is 1.68 bits per heavy atom. The van der Waals surface area contributed by atoms with Crippen LogP contribution < -0.4 is 16.4 Å². The van der Waals surface area contributed by atoms with Gasteiger partial charge in [-0.05, 0) is 26.0 Å². The minimum Gasteiger partial charge on any atom is -0.451 e. The lowest BCUT2D eigenvalue weighted by molar-refractivity contribution is -0.155. The van der Waals surface area contributed by atoms with E-state index >= 15 is 0 Å². The minimum absolute atomic E-state index is 0.390. The minimum atomic E-state index is -1.21. The molecule has 0 radical (unpaired) electrons. The number of hydrogen-bond donors (Lipinski definition) is 3. The first kappa shape index (κ1) is 17.2. The van der Waals surface area contributed by atoms with Crippen molar-refractivity contribution in [3.05, 3.63) is 35.9 Å². The van der Waals surface area contributed by atoms with E-state index in [1.54, 1.807) is 35.6 Å². The zero-order chi connectivity index (χ0) is 16.7. The Labute approximate surface area is 127 Å². The molecule has 0 aliphatic carbocycles. The summed E-state index contributed by atoms with van der Waals surface area (Å²) in [4.78, 5) is 45.6. The Morgan fingerprint density at radius 1 is 1.09 bits per heavy atom. The van der Waals surface area contributed by atoms with E-state index < -0.39 is 36.0 Å². The molecule has 0 aliphatic rings. The van der Waals surface area contributed by atoms with Gasteiger partial charge in [0.25, 0.3) is 11.8 Å². The van der Waals surface area contributed by atoms with E-state index in [0.717, 1.165) is 0 Å². The predicted octanol–water partition coefficient (Wildman–Crippen LogP) is -0.0685. The third-order valence-corrected chi connectivity index (χ3v) is 2.65. The molecule has 4 N–H and O–H groups in total. The van der Waals surface area contributed by atoms with Crippen LogP contribution in [0.25, 0.3) is 0 Å². The second kappa shape index (κ2) is 7.77. The standard InChI is InChI=1S/C14H17N3O5/c1-8(16-12(19)10-6-4-3-5-7-10)13(20)22-9(2)11(18)17-14(15)21/h3-9H,1-2H3,(H,16,19)(H3,15,17,18,21)/t8-,9+/m0/s1. The van der Waals surface area contributed by atoms with Crippen LogP contribution in [0.3, 0.4) is 0 Å². The van der Waals surface area contributed by atoms with Gasteiger partial charge in [-0.3, -0.25) is 14.9 Å². The quantitative estimate of drug-likeness (QED) is 0.656. The number of hydrogen-bond acceptors (Lipinski definition) is 5. The van der Waals surface area contributed by atoms with E-state index in [2.05, 4.69) is 5.32 Å². The maximum Gasteiger partial charge on any atom is 0.329 e. The van der Waals surface area contributed by atoms with E-state index in [9.17, 15) is 19.2 Å². The first-order valence-electron chi connectivity index (χ1n) is 6.48. The van der Waals surface area contributed by atoms with Crippen LogP contribution in [0, 0.1) is 0 Å². The maximum absolute atomic E-state index is 11.9. The molecule has 0 heterocycles. The van der Waals surface area contributed by atoms with Gasteiger partial charge in [0.2, 0.25) is 0 Å². The van der Waals surface area contributed by atoms with Crippen LogP contribution in [0.4, 0.5) is 4.79 Å². The third-order valence-electron chi connectivity index (χ3n) is 2.65. The summed E-state index contributed by atoms with van der Waals surface area (Å²) in [7, 11) is 0. The molecule has 8 nitrogen and oxygen atoms in total. The molecule has 1 rings (SSSR count). The molecule has 8 heteroatoms. The molecule has 4 amide bonds. The lowest BCUT2D eigenvalue weighted by Crippen LogP contribution is -2.45. The Balaban J connectivity index is 2.53. The smallest absolute Gasteiger partial charge is 0.329 e. The fraction of sp³-hybridized carbons (Fsp3) is 0.286. The van der Waals surface area contributed by atoms with Gasteiger partial charge in [-0.25, -0.2) is 9.59 Å². The summed E-state index contributed by atoms with van der Waals surface area (Å²) in [5.41, 5.74) is 5.17. The molecule has 0 bridgehead atoms. The highest BCUT2D eigenvalue weighted by Gasteiger charge is 2.24. The van der Waals surface area contributed by atoms with Gasteiger partial charge in [0.15, 0.2) is 6.10 Å². The lowest BCUT2D eigenvalue weighted by atomic mass is 10.2. The highest BCUT2D eigenvalue weighted by molar-refractivity contribution is 5.98. The molecule has 0 saturated carbocycles. The largest absolute Gasteiger partial charge is 0.451 e. The van der Waals surface area contributed by atoms with E-state index in [1.807, 2.05) is 0 Å². The van der Waals surface area contributed by atoms with Crippen molar-refractivity contribution in [3.63, 3.8) is 0 Å². The molecule has 118 valence electrons. The fourth-order valence-corrected chi connectivity index (χ4v) is 1.48. The molecular formula is C14H17N3O5. The van der Waals surface area contributed by atoms with Crippen molar-refractivity contribution in [3.8, 4) is 0 Å². The van der Waals surface area contributed by atoms with Crippen molar-refractivity contribution in [2.45, 2.75) is 26.0 Å². The Morgan fingerprint density at radius 3 is 2.23 bits per heavy atom. The molecule has 1 aromatic carbocycles. The van der Waals surface area contributed by atoms with Crippen molar-refractivity contribution in [2.24, 2.45) is 5.73 Å². The zero-order valence-electron chi connectivity index (χ0n) is 12.2. The number of benzene rings is 1. The average molecular weight is 307 g/mol. The number of esters is 1. The van der Waals surface area contributed by atoms with Crippen LogP contribution in [-0.2, 0) is 14.3 Å². The number of carbonyl (C=O) groups is 4. The van der Waals surface area contributed by atoms with Gasteiger partial charge in [0, 0.05) is 5.56 Å². The average Bonchev–Trinajstić information content (AvgIpc) is 2.47. The maximum atomic E-state index is 11.9. The number of imide groups is 1. The molecular weight excluding hydrogens is 290 g/mol. The number of carbonyl (C=O) groups excluding carboxylic acids is 4. The van der Waals surface area contributed by atoms with Crippen LogP contribution >= 0.6 is 0 Å². The molecule has 0 aliphatic heterocycles. The predicted molar refractivity (Wildman–Crippen MR) is 76.7 cm³/mol. The van der Waals surface area contributed by atoms with Gasteiger partial charge in [-0.2, -0.15) is 0 Å². The molecule has 22 heavy (non-hydrogen) atoms. The third kappa shape index (κ3) is 5.23.